The molecule has 1 aromatic heterocycles. The Bertz CT molecular complexity index is 334. The third-order valence-corrected chi connectivity index (χ3v) is 1.83. The van der Waals surface area contributed by atoms with E-state index in [9.17, 15) is 4.79 Å². The summed E-state index contributed by atoms with van der Waals surface area (Å²) in [5.41, 5.74) is 6.03. The van der Waals surface area contributed by atoms with Gasteiger partial charge in [-0.25, -0.2) is 4.79 Å². The van der Waals surface area contributed by atoms with Gasteiger partial charge in [0.05, 0.1) is 19.8 Å². The average Bonchev–Trinajstić information content (AvgIpc) is 2.57. The number of nitrogens with two attached hydrogens (primary N) is 1. The largest absolute Gasteiger partial charge is 0.479 e. The summed E-state index contributed by atoms with van der Waals surface area (Å²) in [4.78, 5) is 11.2. The fraction of sp³-hybridized carbons (Fsp3) is 0.500. The van der Waals surface area contributed by atoms with Gasteiger partial charge in [0.15, 0.2) is 0 Å². The van der Waals surface area contributed by atoms with Crippen molar-refractivity contribution in [1.29, 1.82) is 0 Å². The molecule has 1 heterocycles. The van der Waals surface area contributed by atoms with Gasteiger partial charge in [-0.3, -0.25) is 0 Å². The Morgan fingerprint density at radius 1 is 1.57 bits per heavy atom. The van der Waals surface area contributed by atoms with Gasteiger partial charge in [0.25, 0.3) is 5.88 Å². The van der Waals surface area contributed by atoms with Crippen LogP contribution in [0.25, 0.3) is 0 Å². The third-order valence-electron chi connectivity index (χ3n) is 1.83. The lowest BCUT2D eigenvalue weighted by Gasteiger charge is -2.08. The molecule has 14 heavy (non-hydrogen) atoms. The second-order valence-electron chi connectivity index (χ2n) is 2.66. The van der Waals surface area contributed by atoms with Gasteiger partial charge in [-0.05, 0) is 12.1 Å². The van der Waals surface area contributed by atoms with Crippen LogP contribution in [0.2, 0.25) is 0 Å². The van der Waals surface area contributed by atoms with Crippen LogP contribution in [-0.4, -0.2) is 25.3 Å². The zero-order valence-electron chi connectivity index (χ0n) is 8.23. The monoisotopic (exact) mass is 200 g/mol. The summed E-state index contributed by atoms with van der Waals surface area (Å²) < 4.78 is 14.2. The molecule has 0 aliphatic heterocycles. The predicted molar refractivity (Wildman–Crippen MR) is 46.7 cm³/mol. The Morgan fingerprint density at radius 2 is 2.21 bits per heavy atom. The van der Waals surface area contributed by atoms with E-state index in [0.717, 1.165) is 0 Å². The quantitative estimate of drug-likeness (QED) is 0.699. The van der Waals surface area contributed by atoms with Crippen LogP contribution in [0, 0.1) is 6.92 Å². The van der Waals surface area contributed by atoms with Crippen molar-refractivity contribution in [2.24, 2.45) is 5.73 Å². The van der Waals surface area contributed by atoms with Crippen LogP contribution < -0.4 is 10.5 Å². The van der Waals surface area contributed by atoms with Gasteiger partial charge in [0, 0.05) is 0 Å². The number of rotatable bonds is 3. The first-order valence-electron chi connectivity index (χ1n) is 3.95. The van der Waals surface area contributed by atoms with Crippen molar-refractivity contribution in [3.8, 4) is 5.88 Å². The van der Waals surface area contributed by atoms with E-state index in [1.807, 2.05) is 0 Å². The van der Waals surface area contributed by atoms with Gasteiger partial charge < -0.3 is 19.7 Å². The number of aryl methyl sites for hydroxylation is 1. The molecule has 0 amide bonds. The number of methoxy groups -OCH3 is 2. The molecule has 1 atom stereocenters. The summed E-state index contributed by atoms with van der Waals surface area (Å²) in [6.45, 7) is 1.65. The van der Waals surface area contributed by atoms with Crippen LogP contribution in [0.5, 0.6) is 5.88 Å². The maximum Gasteiger partial charge on any atom is 0.327 e. The maximum atomic E-state index is 11.2. The Kier molecular flexibility index (Phi) is 3.08. The molecule has 0 saturated carbocycles. The van der Waals surface area contributed by atoms with E-state index < -0.39 is 12.0 Å². The van der Waals surface area contributed by atoms with Crippen molar-refractivity contribution < 1.29 is 18.8 Å². The van der Waals surface area contributed by atoms with Crippen molar-refractivity contribution in [2.45, 2.75) is 13.0 Å². The molecule has 0 bridgehead atoms. The van der Waals surface area contributed by atoms with Crippen molar-refractivity contribution in [1.82, 2.24) is 5.16 Å². The van der Waals surface area contributed by atoms with E-state index in [1.54, 1.807) is 6.92 Å². The molecule has 1 unspecified atom stereocenters. The summed E-state index contributed by atoms with van der Waals surface area (Å²) in [6, 6.07) is -0.929. The zero-order chi connectivity index (χ0) is 10.7. The molecule has 0 fully saturated rings. The summed E-state index contributed by atoms with van der Waals surface area (Å²) in [7, 11) is 2.68. The molecule has 0 spiro atoms. The lowest BCUT2D eigenvalue weighted by Crippen LogP contribution is -2.23. The molecular formula is C8H12N2O4. The van der Waals surface area contributed by atoms with Gasteiger partial charge >= 0.3 is 5.97 Å². The second kappa shape index (κ2) is 4.10. The van der Waals surface area contributed by atoms with Gasteiger partial charge in [-0.2, -0.15) is 0 Å². The minimum absolute atomic E-state index is 0.209. The Hall–Kier alpha value is -1.56. The first-order valence-corrected chi connectivity index (χ1v) is 3.95. The van der Waals surface area contributed by atoms with E-state index in [-0.39, 0.29) is 5.88 Å². The van der Waals surface area contributed by atoms with Crippen LogP contribution in [0.1, 0.15) is 17.4 Å². The SMILES string of the molecule is COC(=O)C(N)c1c(OC)noc1C. The molecule has 78 valence electrons. The maximum absolute atomic E-state index is 11.2. The lowest BCUT2D eigenvalue weighted by molar-refractivity contribution is -0.142. The molecule has 1 aromatic rings. The van der Waals surface area contributed by atoms with Crippen molar-refractivity contribution in [2.75, 3.05) is 14.2 Å². The summed E-state index contributed by atoms with van der Waals surface area (Å²) in [6.07, 6.45) is 0. The molecule has 0 aromatic carbocycles. The van der Waals surface area contributed by atoms with E-state index in [1.165, 1.54) is 14.2 Å². The highest BCUT2D eigenvalue weighted by Gasteiger charge is 2.26. The Labute approximate surface area is 80.9 Å². The van der Waals surface area contributed by atoms with Gasteiger partial charge in [-0.1, -0.05) is 0 Å². The fourth-order valence-corrected chi connectivity index (χ4v) is 1.10. The van der Waals surface area contributed by atoms with Gasteiger partial charge in [0.2, 0.25) is 0 Å². The standard InChI is InChI=1S/C8H12N2O4/c1-4-5(6(9)8(11)13-3)7(12-2)10-14-4/h6H,9H2,1-3H3. The Balaban J connectivity index is 3.04. The minimum atomic E-state index is -0.929. The van der Waals surface area contributed by atoms with Crippen LogP contribution in [0.3, 0.4) is 0 Å². The van der Waals surface area contributed by atoms with Gasteiger partial charge in [0.1, 0.15) is 11.8 Å². The number of carbonyl (C=O) groups excluding carboxylic acids is 1. The molecular weight excluding hydrogens is 188 g/mol. The van der Waals surface area contributed by atoms with E-state index in [4.69, 9.17) is 15.0 Å². The number of carbonyl (C=O) groups is 1. The zero-order valence-corrected chi connectivity index (χ0v) is 8.23. The van der Waals surface area contributed by atoms with Gasteiger partial charge in [-0.15, -0.1) is 0 Å². The van der Waals surface area contributed by atoms with Crippen LogP contribution in [-0.2, 0) is 9.53 Å². The number of esters is 1. The van der Waals surface area contributed by atoms with Crippen molar-refractivity contribution >= 4 is 5.97 Å². The van der Waals surface area contributed by atoms with Crippen molar-refractivity contribution in [3.63, 3.8) is 0 Å². The molecule has 0 saturated heterocycles. The number of hydrogen-bond acceptors (Lipinski definition) is 6. The van der Waals surface area contributed by atoms with Crippen LogP contribution >= 0.6 is 0 Å². The van der Waals surface area contributed by atoms with Crippen LogP contribution in [0.4, 0.5) is 0 Å². The topological polar surface area (TPSA) is 87.6 Å². The summed E-state index contributed by atoms with van der Waals surface area (Å²) in [5, 5.41) is 3.59. The first-order chi connectivity index (χ1) is 6.61. The average molecular weight is 200 g/mol. The van der Waals surface area contributed by atoms with Crippen LogP contribution in [0.15, 0.2) is 4.52 Å². The molecule has 0 aliphatic rings. The molecule has 2 N–H and O–H groups in total. The number of hydrogen-bond donors (Lipinski definition) is 1. The highest BCUT2D eigenvalue weighted by molar-refractivity contribution is 5.78. The third kappa shape index (κ3) is 1.69. The Morgan fingerprint density at radius 3 is 2.71 bits per heavy atom. The predicted octanol–water partition coefficient (Wildman–Crippen LogP) is 0.164. The van der Waals surface area contributed by atoms with E-state index in [2.05, 4.69) is 9.89 Å². The summed E-state index contributed by atoms with van der Waals surface area (Å²) in [5.74, 6) is 0.0924. The second-order valence-corrected chi connectivity index (χ2v) is 2.66. The normalized spacial score (nSPS) is 12.3. The summed E-state index contributed by atoms with van der Waals surface area (Å²) >= 11 is 0. The van der Waals surface area contributed by atoms with E-state index in [0.29, 0.717) is 11.3 Å². The first kappa shape index (κ1) is 10.5. The molecule has 0 aliphatic carbocycles. The minimum Gasteiger partial charge on any atom is -0.479 e. The highest BCUT2D eigenvalue weighted by atomic mass is 16.5. The molecule has 1 rings (SSSR count). The highest BCUT2D eigenvalue weighted by Crippen LogP contribution is 2.26. The smallest absolute Gasteiger partial charge is 0.327 e. The number of ether oxygens (including phenoxy) is 2. The number of aromatic nitrogens is 1. The lowest BCUT2D eigenvalue weighted by atomic mass is 10.1. The number of nitrogens with zero attached hydrogens (tertiary/aromatic N) is 1. The molecule has 0 radical (unpaired) electrons. The van der Waals surface area contributed by atoms with E-state index >= 15 is 0 Å². The van der Waals surface area contributed by atoms with Crippen molar-refractivity contribution in [3.05, 3.63) is 11.3 Å². The molecule has 6 heteroatoms. The molecule has 6 nitrogen and oxygen atoms in total. The fourth-order valence-electron chi connectivity index (χ4n) is 1.10.